The van der Waals surface area contributed by atoms with Crippen molar-refractivity contribution in [3.8, 4) is 0 Å². The largest absolute Gasteiger partial charge is 0.377 e. The molecule has 46 heavy (non-hydrogen) atoms. The van der Waals surface area contributed by atoms with E-state index in [0.717, 1.165) is 12.8 Å². The van der Waals surface area contributed by atoms with Crippen LogP contribution in [0.25, 0.3) is 0 Å². The Morgan fingerprint density at radius 2 is 1.07 bits per heavy atom. The van der Waals surface area contributed by atoms with Gasteiger partial charge in [-0.25, -0.2) is 22.8 Å². The van der Waals surface area contributed by atoms with E-state index in [2.05, 4.69) is 20.6 Å². The third-order valence-electron chi connectivity index (χ3n) is 5.20. The summed E-state index contributed by atoms with van der Waals surface area (Å²) in [5.74, 6) is 9.58. The molecule has 0 saturated carbocycles. The molecule has 18 nitrogen and oxygen atoms in total. The van der Waals surface area contributed by atoms with Crippen LogP contribution >= 0.6 is 0 Å². The highest BCUT2D eigenvalue weighted by atomic mass is 16.7. The first-order valence-corrected chi connectivity index (χ1v) is 15.8. The fourth-order valence-corrected chi connectivity index (χ4v) is 3.28. The maximum absolute atomic E-state index is 5.33. The molecule has 0 aromatic carbocycles. The van der Waals surface area contributed by atoms with Crippen molar-refractivity contribution >= 4 is 0 Å². The first-order valence-electron chi connectivity index (χ1n) is 15.8. The van der Waals surface area contributed by atoms with E-state index in [4.69, 9.17) is 68.8 Å². The molecule has 0 aromatic heterocycles. The van der Waals surface area contributed by atoms with Crippen LogP contribution in [-0.2, 0) is 66.7 Å². The lowest BCUT2D eigenvalue weighted by atomic mass is 10.4. The van der Waals surface area contributed by atoms with Crippen LogP contribution in [0.5, 0.6) is 0 Å². The van der Waals surface area contributed by atoms with Gasteiger partial charge in [-0.05, 0) is 27.7 Å². The lowest BCUT2D eigenvalue weighted by Crippen LogP contribution is -2.24. The van der Waals surface area contributed by atoms with Gasteiger partial charge in [0.2, 0.25) is 0 Å². The smallest absolute Gasteiger partial charge is 0.183 e. The van der Waals surface area contributed by atoms with Crippen LogP contribution in [0.2, 0.25) is 0 Å². The number of hydroxylamine groups is 2. The molecule has 0 radical (unpaired) electrons. The predicted molar refractivity (Wildman–Crippen MR) is 167 cm³/mol. The molecule has 0 aliphatic carbocycles. The normalized spacial score (nSPS) is 15.0. The molecule has 18 heteroatoms. The highest BCUT2D eigenvalue weighted by molar-refractivity contribution is 4.50. The van der Waals surface area contributed by atoms with Crippen LogP contribution in [0, 0.1) is 0 Å². The van der Waals surface area contributed by atoms with Crippen molar-refractivity contribution in [2.24, 2.45) is 11.8 Å². The van der Waals surface area contributed by atoms with Crippen molar-refractivity contribution < 1.29 is 66.7 Å². The Kier molecular flexibility index (Phi) is 41.7. The summed E-state index contributed by atoms with van der Waals surface area (Å²) in [4.78, 5) is 18.5. The topological polar surface area (TPSA) is 205 Å². The monoisotopic (exact) mass is 680 g/mol. The highest BCUT2D eigenvalue weighted by Crippen LogP contribution is 2.07. The van der Waals surface area contributed by atoms with Gasteiger partial charge >= 0.3 is 0 Å². The Hall–Kier alpha value is -0.720. The van der Waals surface area contributed by atoms with Crippen LogP contribution in [-0.4, -0.2) is 145 Å². The van der Waals surface area contributed by atoms with Gasteiger partial charge < -0.3 is 61.9 Å². The summed E-state index contributed by atoms with van der Waals surface area (Å²) < 4.78 is 52.0. The lowest BCUT2D eigenvalue weighted by molar-refractivity contribution is -0.169. The fourth-order valence-electron chi connectivity index (χ4n) is 3.28. The van der Waals surface area contributed by atoms with Crippen molar-refractivity contribution in [2.45, 2.75) is 65.7 Å². The van der Waals surface area contributed by atoms with Gasteiger partial charge in [-0.2, -0.15) is 0 Å². The second-order valence-electron chi connectivity index (χ2n) is 8.60. The van der Waals surface area contributed by atoms with E-state index in [-0.39, 0.29) is 25.2 Å². The molecule has 0 atom stereocenters. The summed E-state index contributed by atoms with van der Waals surface area (Å²) in [6.45, 7) is 16.8. The van der Waals surface area contributed by atoms with Crippen molar-refractivity contribution in [3.63, 3.8) is 0 Å². The average Bonchev–Trinajstić information content (AvgIpc) is 3.78. The van der Waals surface area contributed by atoms with Gasteiger partial charge in [0.15, 0.2) is 25.2 Å². The minimum absolute atomic E-state index is 0.0478. The molecule has 0 amide bonds. The summed E-state index contributed by atoms with van der Waals surface area (Å²) in [5.41, 5.74) is 5.18. The molecule has 6 N–H and O–H groups in total. The number of rotatable bonds is 26. The maximum Gasteiger partial charge on any atom is 0.183 e. The van der Waals surface area contributed by atoms with Crippen LogP contribution in [0.3, 0.4) is 0 Å². The van der Waals surface area contributed by atoms with Gasteiger partial charge in [-0.1, -0.05) is 0 Å². The Morgan fingerprint density at radius 3 is 1.57 bits per heavy atom. The van der Waals surface area contributed by atoms with Crippen molar-refractivity contribution in [2.75, 3.05) is 120 Å². The van der Waals surface area contributed by atoms with Crippen molar-refractivity contribution in [1.29, 1.82) is 0 Å². The fraction of sp³-hybridized carbons (Fsp3) is 1.00. The minimum atomic E-state index is -0.289. The minimum Gasteiger partial charge on any atom is -0.377 e. The zero-order chi connectivity index (χ0) is 34.4. The predicted octanol–water partition coefficient (Wildman–Crippen LogP) is 0.386. The van der Waals surface area contributed by atoms with Crippen molar-refractivity contribution in [3.05, 3.63) is 0 Å². The average molecular weight is 681 g/mol. The second kappa shape index (κ2) is 40.5. The second-order valence-corrected chi connectivity index (χ2v) is 8.60. The standard InChI is InChI=1S/C10H23NO5.C8H19NO3.C6H13NO3.C4H9NO3/c1-3-14-10(15-4-2)9-13-6-5-12-7-8-16-11;1-4-10-8(11-5-2)6-7-12-9-3;1-7-10-3-2-6-8-4-5-9-6;5-8-3-4-6-1-2-7-4/h10H,3-9,11H2,1-2H3;8-9H,4-7H2,1-3H3;6-7H,2-5H2,1H3;4H,1-3,5H2. The number of hydrogen-bond donors (Lipinski definition) is 4. The zero-order valence-corrected chi connectivity index (χ0v) is 28.9. The molecule has 280 valence electrons. The molecule has 2 rings (SSSR count). The maximum atomic E-state index is 5.33. The molecule has 2 aliphatic heterocycles. The molecular formula is C28H64N4O14. The van der Waals surface area contributed by atoms with Gasteiger partial charge in [0, 0.05) is 53.4 Å². The lowest BCUT2D eigenvalue weighted by Gasteiger charge is -2.16. The Morgan fingerprint density at radius 1 is 0.587 bits per heavy atom. The SMILES string of the molecule is CCOC(CCONC)OCC.CCOC(COCCOCCON)OCC.CNOCCC1OCCO1.NOCC1OCCO1. The van der Waals surface area contributed by atoms with E-state index in [1.165, 1.54) is 0 Å². The Bertz CT molecular complexity index is 542. The molecule has 0 spiro atoms. The van der Waals surface area contributed by atoms with E-state index in [0.29, 0.717) is 106 Å². The highest BCUT2D eigenvalue weighted by Gasteiger charge is 2.15. The van der Waals surface area contributed by atoms with Crippen LogP contribution in [0.4, 0.5) is 0 Å². The summed E-state index contributed by atoms with van der Waals surface area (Å²) in [6.07, 6.45) is 0.840. The number of hydrogen-bond acceptors (Lipinski definition) is 18. The molecule has 2 fully saturated rings. The molecule has 2 aliphatic rings. The number of ether oxygens (including phenoxy) is 10. The van der Waals surface area contributed by atoms with Gasteiger partial charge in [0.25, 0.3) is 0 Å². The molecule has 2 saturated heterocycles. The third-order valence-corrected chi connectivity index (χ3v) is 5.20. The molecule has 0 aromatic rings. The van der Waals surface area contributed by atoms with Crippen LogP contribution in [0.15, 0.2) is 0 Å². The molecular weight excluding hydrogens is 616 g/mol. The first-order chi connectivity index (χ1) is 22.6. The zero-order valence-electron chi connectivity index (χ0n) is 28.9. The van der Waals surface area contributed by atoms with Crippen molar-refractivity contribution in [1.82, 2.24) is 11.0 Å². The van der Waals surface area contributed by atoms with Crippen LogP contribution < -0.4 is 22.8 Å². The summed E-state index contributed by atoms with van der Waals surface area (Å²) in [7, 11) is 3.47. The van der Waals surface area contributed by atoms with Crippen LogP contribution in [0.1, 0.15) is 40.5 Å². The third kappa shape index (κ3) is 34.6. The summed E-state index contributed by atoms with van der Waals surface area (Å²) in [5, 5.41) is 0. The first kappa shape index (κ1) is 47.4. The van der Waals surface area contributed by atoms with Gasteiger partial charge in [-0.15, -0.1) is 0 Å². The summed E-state index contributed by atoms with van der Waals surface area (Å²) >= 11 is 0. The quantitative estimate of drug-likeness (QED) is 0.0554. The summed E-state index contributed by atoms with van der Waals surface area (Å²) in [6, 6.07) is 0. The van der Waals surface area contributed by atoms with Gasteiger partial charge in [0.05, 0.1) is 72.7 Å². The van der Waals surface area contributed by atoms with E-state index in [9.17, 15) is 0 Å². The van der Waals surface area contributed by atoms with E-state index >= 15 is 0 Å². The van der Waals surface area contributed by atoms with Gasteiger partial charge in [0.1, 0.15) is 6.61 Å². The van der Waals surface area contributed by atoms with Gasteiger partial charge in [-0.3, -0.25) is 4.84 Å². The van der Waals surface area contributed by atoms with E-state index in [1.807, 2.05) is 27.7 Å². The number of nitrogens with one attached hydrogen (secondary N) is 2. The molecule has 2 heterocycles. The van der Waals surface area contributed by atoms with E-state index < -0.39 is 0 Å². The van der Waals surface area contributed by atoms with E-state index in [1.54, 1.807) is 14.1 Å². The Labute approximate surface area is 275 Å². The molecule has 0 bridgehead atoms. The Balaban J connectivity index is 0. The number of nitrogens with two attached hydrogens (primary N) is 2. The molecule has 0 unspecified atom stereocenters.